The summed E-state index contributed by atoms with van der Waals surface area (Å²) in [6, 6.07) is 3.85. The molecule has 0 heterocycles. The fraction of sp³-hybridized carbons (Fsp3) is 0.667. The fourth-order valence-electron chi connectivity index (χ4n) is 1.28. The molecule has 17 heavy (non-hydrogen) atoms. The van der Waals surface area contributed by atoms with E-state index in [0.29, 0.717) is 0 Å². The van der Waals surface area contributed by atoms with Crippen LogP contribution in [0.5, 0.6) is 0 Å². The molecule has 0 saturated carbocycles. The predicted molar refractivity (Wildman–Crippen MR) is 65.0 cm³/mol. The molecule has 0 aliphatic heterocycles. The van der Waals surface area contributed by atoms with E-state index in [-0.39, 0.29) is 11.8 Å². The zero-order chi connectivity index (χ0) is 13.7. The average molecular weight is 234 g/mol. The Bertz CT molecular complexity index is 341. The molecule has 0 rings (SSSR count). The zero-order valence-electron chi connectivity index (χ0n) is 10.6. The number of hydrogen-bond acceptors (Lipinski definition) is 5. The van der Waals surface area contributed by atoms with Gasteiger partial charge in [0.2, 0.25) is 0 Å². The molecule has 0 saturated heterocycles. The topological polar surface area (TPSA) is 105 Å². The predicted octanol–water partition coefficient (Wildman–Crippen LogP) is 2.14. The summed E-state index contributed by atoms with van der Waals surface area (Å²) in [6.45, 7) is 6.95. The van der Waals surface area contributed by atoms with Gasteiger partial charge in [-0.3, -0.25) is 0 Å². The van der Waals surface area contributed by atoms with Crippen molar-refractivity contribution in [1.29, 1.82) is 21.3 Å². The summed E-state index contributed by atoms with van der Waals surface area (Å²) in [6.07, 6.45) is 1.80. The first-order valence-corrected chi connectivity index (χ1v) is 5.40. The maximum atomic E-state index is 9.17. The van der Waals surface area contributed by atoms with Gasteiger partial charge in [-0.2, -0.15) is 10.5 Å². The van der Waals surface area contributed by atoms with Crippen LogP contribution < -0.4 is 0 Å². The smallest absolute Gasteiger partial charge is 0.193 e. The molecule has 2 N–H and O–H groups in total. The number of nitrogens with one attached hydrogen (secondary N) is 2. The summed E-state index contributed by atoms with van der Waals surface area (Å²) in [7, 11) is 0. The van der Waals surface area contributed by atoms with E-state index in [1.807, 2.05) is 12.1 Å². The Balaban J connectivity index is 5.54. The Morgan fingerprint density at radius 3 is 1.35 bits per heavy atom. The van der Waals surface area contributed by atoms with Crippen molar-refractivity contribution in [2.24, 2.45) is 11.8 Å². The zero-order valence-corrected chi connectivity index (χ0v) is 10.6. The van der Waals surface area contributed by atoms with E-state index < -0.39 is 11.2 Å². The van der Waals surface area contributed by atoms with Crippen molar-refractivity contribution in [2.45, 2.75) is 38.9 Å². The monoisotopic (exact) mass is 234 g/mol. The number of rotatable bonds is 6. The normalized spacial score (nSPS) is 17.6. The maximum Gasteiger partial charge on any atom is 0.193 e. The molecule has 0 radical (unpaired) electrons. The van der Waals surface area contributed by atoms with Crippen LogP contribution in [0.1, 0.15) is 27.7 Å². The lowest BCUT2D eigenvalue weighted by atomic mass is 9.87. The molecule has 0 amide bonds. The molecule has 0 aromatic heterocycles. The van der Waals surface area contributed by atoms with Gasteiger partial charge < -0.3 is 15.6 Å². The van der Waals surface area contributed by atoms with E-state index in [4.69, 9.17) is 15.6 Å². The summed E-state index contributed by atoms with van der Waals surface area (Å²) in [5.74, 6) is -0.562. The fourth-order valence-corrected chi connectivity index (χ4v) is 1.28. The van der Waals surface area contributed by atoms with Crippen LogP contribution >= 0.6 is 0 Å². The molecule has 2 atom stereocenters. The van der Waals surface area contributed by atoms with Crippen LogP contribution in [0.25, 0.3) is 0 Å². The molecule has 0 aromatic carbocycles. The largest absolute Gasteiger partial charge is 0.328 e. The standard InChI is InChI=1S/C12H18N4O/c1-9(2)11(5-13,6-14)17-12(7-15,8-16)10(3)4/h5,7,9-10,13,15H,1-4H3. The van der Waals surface area contributed by atoms with Crippen LogP contribution in [0, 0.1) is 45.3 Å². The highest BCUT2D eigenvalue weighted by Crippen LogP contribution is 2.29. The average Bonchev–Trinajstić information content (AvgIpc) is 2.31. The lowest BCUT2D eigenvalue weighted by Crippen LogP contribution is -2.51. The SMILES string of the molecule is CC(C)C(C#N)(C=N)OC(C#N)(C=N)C(C)C. The third-order valence-corrected chi connectivity index (χ3v) is 2.83. The van der Waals surface area contributed by atoms with Crippen LogP contribution in [-0.4, -0.2) is 23.6 Å². The maximum absolute atomic E-state index is 9.17. The van der Waals surface area contributed by atoms with Gasteiger partial charge >= 0.3 is 0 Å². The summed E-state index contributed by atoms with van der Waals surface area (Å²) < 4.78 is 5.54. The van der Waals surface area contributed by atoms with Crippen LogP contribution in [0.15, 0.2) is 0 Å². The van der Waals surface area contributed by atoms with Gasteiger partial charge in [-0.15, -0.1) is 0 Å². The van der Waals surface area contributed by atoms with Crippen LogP contribution in [0.2, 0.25) is 0 Å². The van der Waals surface area contributed by atoms with Gasteiger partial charge in [0.15, 0.2) is 11.2 Å². The minimum absolute atomic E-state index is 0.281. The van der Waals surface area contributed by atoms with Gasteiger partial charge in [0.25, 0.3) is 0 Å². The first-order valence-electron chi connectivity index (χ1n) is 5.40. The Labute approximate surface area is 102 Å². The molecule has 92 valence electrons. The summed E-state index contributed by atoms with van der Waals surface area (Å²) in [5, 5.41) is 33.0. The Hall–Kier alpha value is -1.72. The second kappa shape index (κ2) is 5.56. The van der Waals surface area contributed by atoms with Crippen molar-refractivity contribution in [3.8, 4) is 12.1 Å². The lowest BCUT2D eigenvalue weighted by molar-refractivity contribution is -0.0635. The van der Waals surface area contributed by atoms with Crippen molar-refractivity contribution in [1.82, 2.24) is 0 Å². The van der Waals surface area contributed by atoms with Gasteiger partial charge in [-0.05, 0) is 0 Å². The molecule has 0 aromatic rings. The highest BCUT2D eigenvalue weighted by Gasteiger charge is 2.44. The Morgan fingerprint density at radius 2 is 1.24 bits per heavy atom. The van der Waals surface area contributed by atoms with Gasteiger partial charge in [0, 0.05) is 24.3 Å². The van der Waals surface area contributed by atoms with Gasteiger partial charge in [-0.1, -0.05) is 27.7 Å². The van der Waals surface area contributed by atoms with Crippen LogP contribution in [-0.2, 0) is 4.74 Å². The lowest BCUT2D eigenvalue weighted by Gasteiger charge is -2.36. The Morgan fingerprint density at radius 1 is 0.941 bits per heavy atom. The number of nitrogens with zero attached hydrogens (tertiary/aromatic N) is 2. The quantitative estimate of drug-likeness (QED) is 0.688. The van der Waals surface area contributed by atoms with E-state index in [2.05, 4.69) is 0 Å². The molecular weight excluding hydrogens is 216 g/mol. The summed E-state index contributed by atoms with van der Waals surface area (Å²) in [4.78, 5) is 0. The van der Waals surface area contributed by atoms with Crippen molar-refractivity contribution in [2.75, 3.05) is 0 Å². The van der Waals surface area contributed by atoms with Gasteiger partial charge in [0.1, 0.15) is 12.1 Å². The van der Waals surface area contributed by atoms with E-state index >= 15 is 0 Å². The van der Waals surface area contributed by atoms with E-state index in [1.54, 1.807) is 27.7 Å². The minimum Gasteiger partial charge on any atom is -0.328 e. The molecule has 5 nitrogen and oxygen atoms in total. The van der Waals surface area contributed by atoms with Crippen LogP contribution in [0.3, 0.4) is 0 Å². The second-order valence-electron chi connectivity index (χ2n) is 4.51. The number of hydrogen-bond donors (Lipinski definition) is 2. The molecule has 0 aliphatic rings. The van der Waals surface area contributed by atoms with Crippen molar-refractivity contribution in [3.05, 3.63) is 0 Å². The van der Waals surface area contributed by atoms with Gasteiger partial charge in [-0.25, -0.2) is 0 Å². The molecular formula is C12H18N4O. The summed E-state index contributed by atoms with van der Waals surface area (Å²) in [5.41, 5.74) is -2.95. The highest BCUT2D eigenvalue weighted by molar-refractivity contribution is 5.75. The van der Waals surface area contributed by atoms with Crippen molar-refractivity contribution < 1.29 is 4.74 Å². The van der Waals surface area contributed by atoms with E-state index in [1.165, 1.54) is 0 Å². The molecule has 0 fully saturated rings. The third-order valence-electron chi connectivity index (χ3n) is 2.83. The van der Waals surface area contributed by atoms with E-state index in [9.17, 15) is 10.5 Å². The van der Waals surface area contributed by atoms with E-state index in [0.717, 1.165) is 12.4 Å². The molecule has 0 spiro atoms. The molecule has 0 bridgehead atoms. The molecule has 0 aliphatic carbocycles. The first-order chi connectivity index (χ1) is 7.84. The van der Waals surface area contributed by atoms with Crippen LogP contribution in [0.4, 0.5) is 0 Å². The Kier molecular flexibility index (Phi) is 5.00. The summed E-state index contributed by atoms with van der Waals surface area (Å²) >= 11 is 0. The molecule has 5 heteroatoms. The third kappa shape index (κ3) is 2.69. The van der Waals surface area contributed by atoms with Crippen molar-refractivity contribution >= 4 is 12.4 Å². The minimum atomic E-state index is -1.47. The number of nitriles is 2. The van der Waals surface area contributed by atoms with Crippen molar-refractivity contribution in [3.63, 3.8) is 0 Å². The first kappa shape index (κ1) is 15.3. The number of ether oxygens (including phenoxy) is 1. The second-order valence-corrected chi connectivity index (χ2v) is 4.51. The molecule has 2 unspecified atom stereocenters. The van der Waals surface area contributed by atoms with Gasteiger partial charge in [0.05, 0.1) is 0 Å². The highest BCUT2D eigenvalue weighted by atomic mass is 16.5.